The number of nitrogens with one attached hydrogen (secondary N) is 5. The topological polar surface area (TPSA) is 173 Å². The van der Waals surface area contributed by atoms with Crippen LogP contribution in [0.4, 0.5) is 5.69 Å². The molecule has 55 heavy (non-hydrogen) atoms. The van der Waals surface area contributed by atoms with Crippen molar-refractivity contribution < 1.29 is 29.4 Å². The predicted octanol–water partition coefficient (Wildman–Crippen LogP) is 5.63. The monoisotopic (exact) mass is 749 g/mol. The molecule has 11 nitrogen and oxygen atoms in total. The van der Waals surface area contributed by atoms with Crippen molar-refractivity contribution in [2.45, 2.75) is 97.6 Å². The summed E-state index contributed by atoms with van der Waals surface area (Å²) in [7, 11) is 0. The lowest BCUT2D eigenvalue weighted by molar-refractivity contribution is -0.146. The van der Waals surface area contributed by atoms with Crippen molar-refractivity contribution in [3.63, 3.8) is 0 Å². The average molecular weight is 750 g/mol. The van der Waals surface area contributed by atoms with Gasteiger partial charge in [-0.05, 0) is 76.1 Å². The molecule has 3 aromatic rings. The Kier molecular flexibility index (Phi) is 11.8. The SMILES string of the molecule is CC1=C[C@@H]2/C=C(\C)CCC(O)C(O)C(Nc3ccccc3C(=O)N[C@H](C)C(=O)N/C=C/c3c[nH]c4ccccc34)CC(=O)[C@]23C(=O)N[C@@H](CC(C)C)[C@@H]3[C@@H]1C. The maximum atomic E-state index is 15.0. The molecule has 2 aliphatic carbocycles. The number of allylic oxidation sites excluding steroid dienone is 4. The summed E-state index contributed by atoms with van der Waals surface area (Å²) in [6.07, 6.45) is 7.80. The number of aromatic amines is 1. The second-order valence-corrected chi connectivity index (χ2v) is 16.2. The Morgan fingerprint density at radius 2 is 1.75 bits per heavy atom. The Morgan fingerprint density at radius 3 is 2.51 bits per heavy atom. The van der Waals surface area contributed by atoms with Crippen LogP contribution < -0.4 is 21.3 Å². The highest BCUT2D eigenvalue weighted by atomic mass is 16.3. The number of fused-ring (bicyclic) bond motifs is 1. The van der Waals surface area contributed by atoms with E-state index in [1.165, 1.54) is 6.20 Å². The molecule has 0 radical (unpaired) electrons. The van der Waals surface area contributed by atoms with Crippen LogP contribution in [0.15, 0.2) is 84.2 Å². The third-order valence-corrected chi connectivity index (χ3v) is 11.9. The third-order valence-electron chi connectivity index (χ3n) is 11.9. The van der Waals surface area contributed by atoms with E-state index in [0.717, 1.165) is 34.0 Å². The Bertz CT molecular complexity index is 2030. The predicted molar refractivity (Wildman–Crippen MR) is 215 cm³/mol. The van der Waals surface area contributed by atoms with E-state index in [4.69, 9.17) is 0 Å². The molecule has 7 N–H and O–H groups in total. The number of hydrogen-bond acceptors (Lipinski definition) is 7. The first-order valence-electron chi connectivity index (χ1n) is 19.5. The Labute approximate surface area is 323 Å². The molecule has 6 rings (SSSR count). The number of aliphatic hydroxyl groups is 2. The number of ketones is 1. The first-order chi connectivity index (χ1) is 26.2. The van der Waals surface area contributed by atoms with Gasteiger partial charge in [0, 0.05) is 58.8 Å². The van der Waals surface area contributed by atoms with E-state index in [2.05, 4.69) is 60.0 Å². The molecule has 2 heterocycles. The van der Waals surface area contributed by atoms with E-state index in [1.807, 2.05) is 43.5 Å². The minimum absolute atomic E-state index is 0.0451. The summed E-state index contributed by atoms with van der Waals surface area (Å²) in [5.41, 5.74) is 3.03. The average Bonchev–Trinajstić information content (AvgIpc) is 3.69. The van der Waals surface area contributed by atoms with Crippen LogP contribution in [0.3, 0.4) is 0 Å². The molecule has 292 valence electrons. The van der Waals surface area contributed by atoms with Crippen LogP contribution in [0.2, 0.25) is 0 Å². The molecule has 3 amide bonds. The van der Waals surface area contributed by atoms with Crippen molar-refractivity contribution in [3.05, 3.63) is 95.4 Å². The van der Waals surface area contributed by atoms with Gasteiger partial charge in [0.05, 0.1) is 17.7 Å². The molecular weight excluding hydrogens is 695 g/mol. The zero-order valence-corrected chi connectivity index (χ0v) is 32.6. The molecule has 1 saturated heterocycles. The van der Waals surface area contributed by atoms with Crippen LogP contribution in [-0.4, -0.2) is 69.0 Å². The Hall–Kier alpha value is -5.00. The fourth-order valence-corrected chi connectivity index (χ4v) is 8.95. The zero-order chi connectivity index (χ0) is 39.6. The van der Waals surface area contributed by atoms with Gasteiger partial charge in [-0.15, -0.1) is 0 Å². The molecule has 1 aliphatic heterocycles. The van der Waals surface area contributed by atoms with E-state index in [-0.39, 0.29) is 53.9 Å². The molecule has 1 fully saturated rings. The summed E-state index contributed by atoms with van der Waals surface area (Å²) in [5, 5.41) is 35.9. The van der Waals surface area contributed by atoms with E-state index in [1.54, 1.807) is 37.3 Å². The molecule has 1 aromatic heterocycles. The first kappa shape index (κ1) is 39.7. The standard InChI is InChI=1S/C44H55N5O6/c1-24(2)19-35-39-27(5)26(4)21-30-20-25(3)15-16-37(50)40(52)36(22-38(51)44(30,39)43(55)49-35)48-34-14-10-8-12-32(34)42(54)47-28(6)41(53)45-18-17-29-23-46-33-13-9-7-11-31(29)33/h7-14,17-18,20-21,23-24,27-28,30,35-37,39-40,46,48,50,52H,15-16,19,22H2,1-6H3,(H,45,53)(H,47,54)(H,49,55)/b18-17+,25-20+/t27-,28-,30+,35+,36?,37?,39+,40?,44-/m1/s1. The number of Topliss-reactive ketones (excluding diaryl/α,β-unsaturated/α-hetero) is 1. The molecule has 2 aromatic carbocycles. The number of hydrogen-bond donors (Lipinski definition) is 7. The number of benzene rings is 2. The number of aliphatic hydroxyl groups excluding tert-OH is 2. The van der Waals surface area contributed by atoms with Crippen LogP contribution in [-0.2, 0) is 14.4 Å². The van der Waals surface area contributed by atoms with Gasteiger partial charge in [-0.3, -0.25) is 19.2 Å². The maximum Gasteiger partial charge on any atom is 0.254 e. The minimum atomic E-state index is -1.41. The summed E-state index contributed by atoms with van der Waals surface area (Å²) in [5.74, 6) is -2.13. The Morgan fingerprint density at radius 1 is 1.02 bits per heavy atom. The van der Waals surface area contributed by atoms with Gasteiger partial charge >= 0.3 is 0 Å². The fourth-order valence-electron chi connectivity index (χ4n) is 8.95. The van der Waals surface area contributed by atoms with Gasteiger partial charge in [0.15, 0.2) is 5.78 Å². The number of amides is 3. The molecule has 9 atom stereocenters. The highest BCUT2D eigenvalue weighted by Gasteiger charge is 2.65. The summed E-state index contributed by atoms with van der Waals surface area (Å²) >= 11 is 0. The van der Waals surface area contributed by atoms with Crippen molar-refractivity contribution >= 4 is 46.2 Å². The minimum Gasteiger partial charge on any atom is -0.390 e. The zero-order valence-electron chi connectivity index (χ0n) is 32.6. The lowest BCUT2D eigenvalue weighted by Gasteiger charge is -2.45. The van der Waals surface area contributed by atoms with Gasteiger partial charge in [-0.1, -0.05) is 74.4 Å². The quantitative estimate of drug-likeness (QED) is 0.110. The van der Waals surface area contributed by atoms with Crippen molar-refractivity contribution in [1.29, 1.82) is 0 Å². The largest absolute Gasteiger partial charge is 0.390 e. The van der Waals surface area contributed by atoms with Crippen LogP contribution in [0, 0.1) is 29.1 Å². The summed E-state index contributed by atoms with van der Waals surface area (Å²) in [4.78, 5) is 59.3. The van der Waals surface area contributed by atoms with E-state index in [9.17, 15) is 24.6 Å². The number of rotatable bonds is 9. The first-order valence-corrected chi connectivity index (χ1v) is 19.5. The fraction of sp³-hybridized carbons (Fsp3) is 0.455. The maximum absolute atomic E-state index is 15.0. The molecule has 11 heteroatoms. The van der Waals surface area contributed by atoms with E-state index < -0.39 is 47.4 Å². The molecule has 1 spiro atoms. The van der Waals surface area contributed by atoms with Gasteiger partial charge in [0.25, 0.3) is 5.91 Å². The highest BCUT2D eigenvalue weighted by Crippen LogP contribution is 2.55. The Balaban J connectivity index is 1.24. The number of anilines is 1. The van der Waals surface area contributed by atoms with Crippen molar-refractivity contribution in [1.82, 2.24) is 20.9 Å². The van der Waals surface area contributed by atoms with Gasteiger partial charge in [0.2, 0.25) is 11.8 Å². The van der Waals surface area contributed by atoms with Crippen LogP contribution in [0.1, 0.15) is 83.1 Å². The van der Waals surface area contributed by atoms with Gasteiger partial charge in [-0.2, -0.15) is 0 Å². The second-order valence-electron chi connectivity index (χ2n) is 16.2. The van der Waals surface area contributed by atoms with Gasteiger partial charge in [-0.25, -0.2) is 0 Å². The summed E-state index contributed by atoms with van der Waals surface area (Å²) < 4.78 is 0. The van der Waals surface area contributed by atoms with Crippen LogP contribution >= 0.6 is 0 Å². The number of para-hydroxylation sites is 2. The van der Waals surface area contributed by atoms with E-state index >= 15 is 4.79 Å². The summed E-state index contributed by atoms with van der Waals surface area (Å²) in [6.45, 7) is 11.9. The number of carbonyl (C=O) groups excluding carboxylic acids is 4. The van der Waals surface area contributed by atoms with Crippen LogP contribution in [0.25, 0.3) is 17.0 Å². The lowest BCUT2D eigenvalue weighted by atomic mass is 9.54. The summed E-state index contributed by atoms with van der Waals surface area (Å²) in [6, 6.07) is 12.3. The van der Waals surface area contributed by atoms with Gasteiger partial charge < -0.3 is 36.5 Å². The number of H-pyrrole nitrogens is 1. The molecule has 0 bridgehead atoms. The smallest absolute Gasteiger partial charge is 0.254 e. The molecule has 0 saturated carbocycles. The number of aromatic nitrogens is 1. The lowest BCUT2D eigenvalue weighted by Crippen LogP contribution is -2.54. The molecule has 3 aliphatic rings. The normalized spacial score (nSPS) is 30.0. The van der Waals surface area contributed by atoms with Crippen LogP contribution in [0.5, 0.6) is 0 Å². The molecule has 3 unspecified atom stereocenters. The second kappa shape index (κ2) is 16.4. The third kappa shape index (κ3) is 7.91. The highest BCUT2D eigenvalue weighted by molar-refractivity contribution is 6.10. The number of carbonyl (C=O) groups is 4. The van der Waals surface area contributed by atoms with E-state index in [0.29, 0.717) is 12.1 Å². The van der Waals surface area contributed by atoms with Crippen molar-refractivity contribution in [2.24, 2.45) is 29.1 Å². The van der Waals surface area contributed by atoms with Crippen molar-refractivity contribution in [3.8, 4) is 0 Å². The van der Waals surface area contributed by atoms with Crippen molar-refractivity contribution in [2.75, 3.05) is 5.32 Å². The molecular formula is C44H55N5O6. The van der Waals surface area contributed by atoms with Gasteiger partial charge in [0.1, 0.15) is 17.6 Å².